The first kappa shape index (κ1) is 18.3. The van der Waals surface area contributed by atoms with Crippen LogP contribution in [0.15, 0.2) is 59.0 Å². The van der Waals surface area contributed by atoms with Crippen molar-refractivity contribution in [2.24, 2.45) is 0 Å². The summed E-state index contributed by atoms with van der Waals surface area (Å²) >= 11 is 12.1. The first-order valence-corrected chi connectivity index (χ1v) is 8.90. The summed E-state index contributed by atoms with van der Waals surface area (Å²) in [6, 6.07) is 15.5. The van der Waals surface area contributed by atoms with Crippen molar-refractivity contribution in [1.29, 1.82) is 0 Å². The largest absolute Gasteiger partial charge is 0.490 e. The van der Waals surface area contributed by atoms with Gasteiger partial charge in [0, 0.05) is 11.6 Å². The fourth-order valence-electron chi connectivity index (χ4n) is 2.87. The van der Waals surface area contributed by atoms with Crippen molar-refractivity contribution in [3.05, 3.63) is 74.8 Å². The van der Waals surface area contributed by atoms with Crippen molar-refractivity contribution in [3.63, 3.8) is 0 Å². The molecule has 0 aliphatic carbocycles. The summed E-state index contributed by atoms with van der Waals surface area (Å²) in [6.07, 6.45) is 0. The Balaban J connectivity index is 1.77. The zero-order valence-corrected chi connectivity index (χ0v) is 16.0. The molecule has 4 aromatic rings. The normalized spacial score (nSPS) is 11.0. The second-order valence-corrected chi connectivity index (χ2v) is 6.79. The van der Waals surface area contributed by atoms with Crippen LogP contribution in [0, 0.1) is 10.1 Å². The minimum Gasteiger partial charge on any atom is -0.490 e. The summed E-state index contributed by atoms with van der Waals surface area (Å²) in [7, 11) is 1.38. The van der Waals surface area contributed by atoms with Gasteiger partial charge in [-0.05, 0) is 47.5 Å². The van der Waals surface area contributed by atoms with Crippen molar-refractivity contribution in [2.75, 3.05) is 7.11 Å². The minimum atomic E-state index is -0.507. The highest BCUT2D eigenvalue weighted by Gasteiger charge is 2.18. The third kappa shape index (κ3) is 3.28. The van der Waals surface area contributed by atoms with Gasteiger partial charge in [0.15, 0.2) is 11.3 Å². The van der Waals surface area contributed by atoms with Crippen LogP contribution in [0.25, 0.3) is 33.7 Å². The van der Waals surface area contributed by atoms with Gasteiger partial charge >= 0.3 is 5.69 Å². The van der Waals surface area contributed by atoms with Crippen LogP contribution in [0.4, 0.5) is 5.69 Å². The van der Waals surface area contributed by atoms with Crippen LogP contribution in [-0.2, 0) is 0 Å². The fourth-order valence-corrected chi connectivity index (χ4v) is 3.17. The molecule has 0 aliphatic heterocycles. The number of ether oxygens (including phenoxy) is 1. The van der Waals surface area contributed by atoms with E-state index in [2.05, 4.69) is 4.98 Å². The highest BCUT2D eigenvalue weighted by atomic mass is 35.5. The van der Waals surface area contributed by atoms with E-state index in [0.29, 0.717) is 26.7 Å². The standard InChI is InChI=1S/C20H12Cl2N2O4/c1-27-19-7-4-13(10-17(19)24(25)26)20-23-16-9-12(3-6-18(16)28-20)11-2-5-14(21)15(22)8-11/h2-10H,1H3. The predicted octanol–water partition coefficient (Wildman–Crippen LogP) is 6.39. The van der Waals surface area contributed by atoms with Gasteiger partial charge in [-0.25, -0.2) is 4.98 Å². The maximum absolute atomic E-state index is 11.2. The quantitative estimate of drug-likeness (QED) is 0.285. The first-order valence-electron chi connectivity index (χ1n) is 8.15. The molecule has 0 amide bonds. The Morgan fingerprint density at radius 2 is 1.68 bits per heavy atom. The average molecular weight is 415 g/mol. The van der Waals surface area contributed by atoms with E-state index in [0.717, 1.165) is 11.1 Å². The summed E-state index contributed by atoms with van der Waals surface area (Å²) in [5.74, 6) is 0.457. The molecule has 3 aromatic carbocycles. The van der Waals surface area contributed by atoms with Crippen LogP contribution >= 0.6 is 23.2 Å². The van der Waals surface area contributed by atoms with Crippen LogP contribution < -0.4 is 4.74 Å². The van der Waals surface area contributed by atoms with E-state index >= 15 is 0 Å². The molecule has 0 saturated heterocycles. The van der Waals surface area contributed by atoms with E-state index in [1.54, 1.807) is 24.3 Å². The number of nitrogens with zero attached hydrogens (tertiary/aromatic N) is 2. The zero-order chi connectivity index (χ0) is 19.8. The van der Waals surface area contributed by atoms with Crippen molar-refractivity contribution in [2.45, 2.75) is 0 Å². The molecule has 0 N–H and O–H groups in total. The molecule has 0 bridgehead atoms. The van der Waals surface area contributed by atoms with Gasteiger partial charge in [-0.3, -0.25) is 10.1 Å². The van der Waals surface area contributed by atoms with Crippen LogP contribution in [0.3, 0.4) is 0 Å². The van der Waals surface area contributed by atoms with Gasteiger partial charge in [-0.2, -0.15) is 0 Å². The summed E-state index contributed by atoms with van der Waals surface area (Å²) in [6.45, 7) is 0. The van der Waals surface area contributed by atoms with Gasteiger partial charge in [0.1, 0.15) is 5.52 Å². The monoisotopic (exact) mass is 414 g/mol. The lowest BCUT2D eigenvalue weighted by Gasteiger charge is -2.03. The lowest BCUT2D eigenvalue weighted by atomic mass is 10.1. The van der Waals surface area contributed by atoms with Gasteiger partial charge in [-0.1, -0.05) is 35.3 Å². The summed E-state index contributed by atoms with van der Waals surface area (Å²) < 4.78 is 10.8. The van der Waals surface area contributed by atoms with Crippen molar-refractivity contribution in [3.8, 4) is 28.3 Å². The Labute approximate surface area is 169 Å². The Kier molecular flexibility index (Phi) is 4.66. The number of nitro benzene ring substituents is 1. The molecule has 28 heavy (non-hydrogen) atoms. The Morgan fingerprint density at radius 3 is 2.39 bits per heavy atom. The number of aromatic nitrogens is 1. The molecule has 0 spiro atoms. The molecule has 0 saturated carbocycles. The summed E-state index contributed by atoms with van der Waals surface area (Å²) in [5.41, 5.74) is 3.31. The second kappa shape index (κ2) is 7.14. The number of fused-ring (bicyclic) bond motifs is 1. The Morgan fingerprint density at radius 1 is 0.964 bits per heavy atom. The topological polar surface area (TPSA) is 78.4 Å². The molecule has 6 nitrogen and oxygen atoms in total. The number of oxazole rings is 1. The molecule has 0 aliphatic rings. The molecule has 0 unspecified atom stereocenters. The van der Waals surface area contributed by atoms with Gasteiger partial charge in [0.2, 0.25) is 5.89 Å². The van der Waals surface area contributed by atoms with E-state index in [4.69, 9.17) is 32.4 Å². The molecule has 140 valence electrons. The number of nitro groups is 1. The number of halogens is 2. The van der Waals surface area contributed by atoms with E-state index < -0.39 is 4.92 Å². The number of hydrogen-bond donors (Lipinski definition) is 0. The number of methoxy groups -OCH3 is 1. The Bertz CT molecular complexity index is 1220. The van der Waals surface area contributed by atoms with E-state index in [1.807, 2.05) is 18.2 Å². The first-order chi connectivity index (χ1) is 13.5. The summed E-state index contributed by atoms with van der Waals surface area (Å²) in [4.78, 5) is 15.2. The van der Waals surface area contributed by atoms with Gasteiger partial charge in [0.05, 0.1) is 22.1 Å². The van der Waals surface area contributed by atoms with Crippen molar-refractivity contribution < 1.29 is 14.1 Å². The van der Waals surface area contributed by atoms with Crippen LogP contribution in [0.5, 0.6) is 5.75 Å². The lowest BCUT2D eigenvalue weighted by Crippen LogP contribution is -1.94. The molecule has 0 atom stereocenters. The maximum atomic E-state index is 11.2. The lowest BCUT2D eigenvalue weighted by molar-refractivity contribution is -0.385. The molecular formula is C20H12Cl2N2O4. The third-order valence-corrected chi connectivity index (χ3v) is 5.00. The molecule has 0 radical (unpaired) electrons. The van der Waals surface area contributed by atoms with Crippen molar-refractivity contribution in [1.82, 2.24) is 4.98 Å². The molecule has 0 fully saturated rings. The molecule has 8 heteroatoms. The highest BCUT2D eigenvalue weighted by molar-refractivity contribution is 6.42. The number of hydrogen-bond acceptors (Lipinski definition) is 5. The highest BCUT2D eigenvalue weighted by Crippen LogP contribution is 2.34. The zero-order valence-electron chi connectivity index (χ0n) is 14.5. The molecular weight excluding hydrogens is 403 g/mol. The van der Waals surface area contributed by atoms with E-state index in [1.165, 1.54) is 19.2 Å². The molecule has 4 rings (SSSR count). The van der Waals surface area contributed by atoms with Gasteiger partial charge in [-0.15, -0.1) is 0 Å². The maximum Gasteiger partial charge on any atom is 0.311 e. The van der Waals surface area contributed by atoms with E-state index in [-0.39, 0.29) is 17.3 Å². The van der Waals surface area contributed by atoms with E-state index in [9.17, 15) is 10.1 Å². The third-order valence-electron chi connectivity index (χ3n) is 4.26. The summed E-state index contributed by atoms with van der Waals surface area (Å²) in [5, 5.41) is 12.2. The Hall–Kier alpha value is -3.09. The SMILES string of the molecule is COc1ccc(-c2nc3cc(-c4ccc(Cl)c(Cl)c4)ccc3o2)cc1[N+](=O)[O-]. The number of benzene rings is 3. The minimum absolute atomic E-state index is 0.154. The molecule has 1 heterocycles. The molecule has 1 aromatic heterocycles. The smallest absolute Gasteiger partial charge is 0.311 e. The fraction of sp³-hybridized carbons (Fsp3) is 0.0500. The van der Waals surface area contributed by atoms with Crippen molar-refractivity contribution >= 4 is 40.0 Å². The van der Waals surface area contributed by atoms with Gasteiger partial charge < -0.3 is 9.15 Å². The van der Waals surface area contributed by atoms with Gasteiger partial charge in [0.25, 0.3) is 0 Å². The van der Waals surface area contributed by atoms with Crippen LogP contribution in [0.1, 0.15) is 0 Å². The average Bonchev–Trinajstić information content (AvgIpc) is 3.12. The predicted molar refractivity (Wildman–Crippen MR) is 108 cm³/mol. The van der Waals surface area contributed by atoms with Crippen LogP contribution in [-0.4, -0.2) is 17.0 Å². The number of rotatable bonds is 4. The van der Waals surface area contributed by atoms with Crippen LogP contribution in [0.2, 0.25) is 10.0 Å². The second-order valence-electron chi connectivity index (χ2n) is 5.97.